The molecular formula is C19H21NO5S. The van der Waals surface area contributed by atoms with Crippen LogP contribution in [0.5, 0.6) is 0 Å². The van der Waals surface area contributed by atoms with Gasteiger partial charge in [0.2, 0.25) is 5.91 Å². The summed E-state index contributed by atoms with van der Waals surface area (Å²) in [6.07, 6.45) is -0.225. The second-order valence-corrected chi connectivity index (χ2v) is 6.99. The van der Waals surface area contributed by atoms with Crippen LogP contribution in [0.15, 0.2) is 30.3 Å². The number of carbonyl (C=O) groups is 3. The van der Waals surface area contributed by atoms with Gasteiger partial charge in [-0.15, -0.1) is 11.3 Å². The van der Waals surface area contributed by atoms with Crippen molar-refractivity contribution in [2.24, 2.45) is 0 Å². The molecule has 6 nitrogen and oxygen atoms in total. The molecule has 0 radical (unpaired) electrons. The molecule has 1 aromatic carbocycles. The van der Waals surface area contributed by atoms with Crippen LogP contribution in [0, 0.1) is 13.8 Å². The maximum Gasteiger partial charge on any atom is 0.341 e. The van der Waals surface area contributed by atoms with Gasteiger partial charge in [0.05, 0.1) is 18.1 Å². The first-order valence-electron chi connectivity index (χ1n) is 8.19. The van der Waals surface area contributed by atoms with E-state index in [1.165, 1.54) is 11.3 Å². The molecule has 0 fully saturated rings. The maximum atomic E-state index is 12.4. The van der Waals surface area contributed by atoms with E-state index in [0.29, 0.717) is 16.1 Å². The van der Waals surface area contributed by atoms with Crippen LogP contribution >= 0.6 is 11.3 Å². The first-order valence-corrected chi connectivity index (χ1v) is 9.01. The normalized spacial score (nSPS) is 11.7. The Morgan fingerprint density at radius 2 is 1.85 bits per heavy atom. The van der Waals surface area contributed by atoms with Gasteiger partial charge in [-0.2, -0.15) is 0 Å². The van der Waals surface area contributed by atoms with Gasteiger partial charge in [0, 0.05) is 11.3 Å². The summed E-state index contributed by atoms with van der Waals surface area (Å²) in [6.45, 7) is 5.58. The summed E-state index contributed by atoms with van der Waals surface area (Å²) < 4.78 is 5.06. The zero-order chi connectivity index (χ0) is 19.3. The zero-order valence-corrected chi connectivity index (χ0v) is 15.7. The predicted molar refractivity (Wildman–Crippen MR) is 99.8 cm³/mol. The van der Waals surface area contributed by atoms with E-state index in [2.05, 4.69) is 5.32 Å². The van der Waals surface area contributed by atoms with Gasteiger partial charge in [-0.3, -0.25) is 9.59 Å². The number of benzene rings is 1. The SMILES string of the molecule is CCOC(=O)c1c(NC(=O)CC(C(=O)O)c2ccccc2)sc(C)c1C. The number of aryl methyl sites for hydroxylation is 1. The molecule has 2 aromatic rings. The number of rotatable bonds is 7. The van der Waals surface area contributed by atoms with E-state index in [0.717, 1.165) is 10.4 Å². The number of amides is 1. The molecule has 0 bridgehead atoms. The largest absolute Gasteiger partial charge is 0.481 e. The second kappa shape index (κ2) is 8.62. The van der Waals surface area contributed by atoms with Crippen molar-refractivity contribution in [1.82, 2.24) is 0 Å². The van der Waals surface area contributed by atoms with Crippen molar-refractivity contribution in [2.45, 2.75) is 33.1 Å². The molecule has 1 aromatic heterocycles. The minimum Gasteiger partial charge on any atom is -0.481 e. The number of nitrogens with one attached hydrogen (secondary N) is 1. The molecule has 2 N–H and O–H groups in total. The lowest BCUT2D eigenvalue weighted by molar-refractivity contribution is -0.140. The summed E-state index contributed by atoms with van der Waals surface area (Å²) in [5, 5.41) is 12.5. The Bertz CT molecular complexity index is 813. The number of carbonyl (C=O) groups excluding carboxylic acids is 2. The smallest absolute Gasteiger partial charge is 0.341 e. The molecule has 1 amide bonds. The third-order valence-corrected chi connectivity index (χ3v) is 5.13. The lowest BCUT2D eigenvalue weighted by Gasteiger charge is -2.13. The summed E-state index contributed by atoms with van der Waals surface area (Å²) in [7, 11) is 0. The van der Waals surface area contributed by atoms with Crippen LogP contribution < -0.4 is 5.32 Å². The monoisotopic (exact) mass is 375 g/mol. The summed E-state index contributed by atoms with van der Waals surface area (Å²) in [6, 6.07) is 8.60. The van der Waals surface area contributed by atoms with Crippen molar-refractivity contribution in [3.05, 3.63) is 51.9 Å². The van der Waals surface area contributed by atoms with Crippen LogP contribution in [0.2, 0.25) is 0 Å². The molecule has 0 saturated carbocycles. The molecule has 7 heteroatoms. The summed E-state index contributed by atoms with van der Waals surface area (Å²) in [5.41, 5.74) is 1.63. The molecule has 1 heterocycles. The fraction of sp³-hybridized carbons (Fsp3) is 0.316. The number of ether oxygens (including phenoxy) is 1. The van der Waals surface area contributed by atoms with Crippen molar-refractivity contribution >= 4 is 34.2 Å². The van der Waals surface area contributed by atoms with E-state index in [1.54, 1.807) is 44.2 Å². The quantitative estimate of drug-likeness (QED) is 0.719. The highest BCUT2D eigenvalue weighted by Gasteiger charge is 2.26. The Morgan fingerprint density at radius 3 is 2.42 bits per heavy atom. The number of carboxylic acids is 1. The number of carboxylic acid groups (broad SMARTS) is 1. The third-order valence-electron chi connectivity index (χ3n) is 4.01. The van der Waals surface area contributed by atoms with Crippen LogP contribution in [-0.2, 0) is 14.3 Å². The molecule has 1 atom stereocenters. The van der Waals surface area contributed by atoms with Crippen LogP contribution in [-0.4, -0.2) is 29.6 Å². The van der Waals surface area contributed by atoms with Crippen LogP contribution in [0.3, 0.4) is 0 Å². The summed E-state index contributed by atoms with van der Waals surface area (Å²) in [5.74, 6) is -2.99. The van der Waals surface area contributed by atoms with Gasteiger partial charge in [0.1, 0.15) is 5.00 Å². The number of hydrogen-bond donors (Lipinski definition) is 2. The number of thiophene rings is 1. The highest BCUT2D eigenvalue weighted by Crippen LogP contribution is 2.33. The van der Waals surface area contributed by atoms with Crippen molar-refractivity contribution in [3.8, 4) is 0 Å². The summed E-state index contributed by atoms with van der Waals surface area (Å²) >= 11 is 1.27. The molecule has 0 spiro atoms. The molecule has 1 unspecified atom stereocenters. The van der Waals surface area contributed by atoms with Gasteiger partial charge in [-0.1, -0.05) is 30.3 Å². The Morgan fingerprint density at radius 1 is 1.19 bits per heavy atom. The fourth-order valence-electron chi connectivity index (χ4n) is 2.56. The standard InChI is InChI=1S/C19H21NO5S/c1-4-25-19(24)16-11(2)12(3)26-17(16)20-15(21)10-14(18(22)23)13-8-6-5-7-9-13/h5-9,14H,4,10H2,1-3H3,(H,20,21)(H,22,23). The minimum atomic E-state index is -1.07. The number of esters is 1. The molecule has 0 aliphatic carbocycles. The average Bonchev–Trinajstić information content (AvgIpc) is 2.87. The van der Waals surface area contributed by atoms with E-state index in [9.17, 15) is 19.5 Å². The van der Waals surface area contributed by atoms with Gasteiger partial charge < -0.3 is 15.2 Å². The van der Waals surface area contributed by atoms with E-state index in [4.69, 9.17) is 4.74 Å². The van der Waals surface area contributed by atoms with Crippen LogP contribution in [0.1, 0.15) is 45.6 Å². The average molecular weight is 375 g/mol. The Kier molecular flexibility index (Phi) is 6.52. The van der Waals surface area contributed by atoms with E-state index < -0.39 is 23.8 Å². The zero-order valence-electron chi connectivity index (χ0n) is 14.9. The molecule has 0 saturated heterocycles. The van der Waals surface area contributed by atoms with Gasteiger partial charge in [0.15, 0.2) is 0 Å². The van der Waals surface area contributed by atoms with Gasteiger partial charge in [0.25, 0.3) is 0 Å². The van der Waals surface area contributed by atoms with Crippen molar-refractivity contribution in [1.29, 1.82) is 0 Å². The van der Waals surface area contributed by atoms with Crippen molar-refractivity contribution < 1.29 is 24.2 Å². The lowest BCUT2D eigenvalue weighted by Crippen LogP contribution is -2.21. The first kappa shape index (κ1) is 19.7. The first-order chi connectivity index (χ1) is 12.3. The van der Waals surface area contributed by atoms with Gasteiger partial charge in [-0.05, 0) is 31.9 Å². The minimum absolute atomic E-state index is 0.225. The Hall–Kier alpha value is -2.67. The molecule has 0 aliphatic rings. The lowest BCUT2D eigenvalue weighted by atomic mass is 9.95. The molecule has 26 heavy (non-hydrogen) atoms. The molecule has 0 aliphatic heterocycles. The number of hydrogen-bond acceptors (Lipinski definition) is 5. The fourth-order valence-corrected chi connectivity index (χ4v) is 3.62. The molecule has 138 valence electrons. The van der Waals surface area contributed by atoms with E-state index in [1.807, 2.05) is 6.92 Å². The van der Waals surface area contributed by atoms with E-state index in [-0.39, 0.29) is 13.0 Å². The third kappa shape index (κ3) is 4.49. The Labute approximate surface area is 155 Å². The van der Waals surface area contributed by atoms with E-state index >= 15 is 0 Å². The van der Waals surface area contributed by atoms with Gasteiger partial charge in [-0.25, -0.2) is 4.79 Å². The topological polar surface area (TPSA) is 92.7 Å². The highest BCUT2D eigenvalue weighted by atomic mass is 32.1. The predicted octanol–water partition coefficient (Wildman–Crippen LogP) is 3.74. The number of anilines is 1. The molecular weight excluding hydrogens is 354 g/mol. The maximum absolute atomic E-state index is 12.4. The number of aliphatic carboxylic acids is 1. The second-order valence-electron chi connectivity index (χ2n) is 5.76. The Balaban J connectivity index is 2.20. The molecule has 2 rings (SSSR count). The van der Waals surface area contributed by atoms with Crippen LogP contribution in [0.25, 0.3) is 0 Å². The van der Waals surface area contributed by atoms with Crippen LogP contribution in [0.4, 0.5) is 5.00 Å². The highest BCUT2D eigenvalue weighted by molar-refractivity contribution is 7.16. The van der Waals surface area contributed by atoms with Crippen molar-refractivity contribution in [2.75, 3.05) is 11.9 Å². The van der Waals surface area contributed by atoms with Crippen molar-refractivity contribution in [3.63, 3.8) is 0 Å². The summed E-state index contributed by atoms with van der Waals surface area (Å²) in [4.78, 5) is 37.1. The van der Waals surface area contributed by atoms with Gasteiger partial charge >= 0.3 is 11.9 Å².